The van der Waals surface area contributed by atoms with Crippen molar-refractivity contribution in [1.29, 1.82) is 0 Å². The van der Waals surface area contributed by atoms with Crippen LogP contribution >= 0.6 is 0 Å². The summed E-state index contributed by atoms with van der Waals surface area (Å²) in [4.78, 5) is 14.9. The highest BCUT2D eigenvalue weighted by Crippen LogP contribution is 2.20. The van der Waals surface area contributed by atoms with E-state index >= 15 is 0 Å². The van der Waals surface area contributed by atoms with Gasteiger partial charge in [-0.3, -0.25) is 9.52 Å². The second-order valence-corrected chi connectivity index (χ2v) is 5.88. The number of carbonyl (C=O) groups is 1. The molecule has 1 heterocycles. The molecule has 0 radical (unpaired) electrons. The summed E-state index contributed by atoms with van der Waals surface area (Å²) in [6.07, 6.45) is 1.32. The van der Waals surface area contributed by atoms with E-state index in [0.29, 0.717) is 11.3 Å². The molecule has 0 unspecified atom stereocenters. The average molecular weight is 294 g/mol. The normalized spacial score (nSPS) is 11.3. The number of hydrogen-bond acceptors (Lipinski definition) is 5. The van der Waals surface area contributed by atoms with Crippen LogP contribution in [0.2, 0.25) is 0 Å². The van der Waals surface area contributed by atoms with E-state index < -0.39 is 10.0 Å². The largest absolute Gasteiger partial charge is 0.381 e. The molecule has 0 amide bonds. The fourth-order valence-electron chi connectivity index (χ4n) is 1.74. The van der Waals surface area contributed by atoms with Crippen molar-refractivity contribution in [2.24, 2.45) is 7.05 Å². The SMILES string of the molecule is CC(=O)c1ccc(NS(=O)(=O)c2c(N)ncn2C)cc1. The standard InChI is InChI=1S/C12H14N4O3S/c1-8(17)9-3-5-10(6-4-9)15-20(18,19)12-11(13)14-7-16(12)2/h3-7,15H,13H2,1-2H3. The zero-order valence-electron chi connectivity index (χ0n) is 11.0. The molecule has 0 saturated heterocycles. The summed E-state index contributed by atoms with van der Waals surface area (Å²) >= 11 is 0. The van der Waals surface area contributed by atoms with Gasteiger partial charge in [0.2, 0.25) is 0 Å². The van der Waals surface area contributed by atoms with Crippen molar-refractivity contribution in [1.82, 2.24) is 9.55 Å². The van der Waals surface area contributed by atoms with Crippen LogP contribution in [0, 0.1) is 0 Å². The second-order valence-electron chi connectivity index (χ2n) is 4.28. The Hall–Kier alpha value is -2.35. The topological polar surface area (TPSA) is 107 Å². The smallest absolute Gasteiger partial charge is 0.281 e. The highest BCUT2D eigenvalue weighted by molar-refractivity contribution is 7.92. The van der Waals surface area contributed by atoms with Gasteiger partial charge in [-0.15, -0.1) is 0 Å². The first-order valence-electron chi connectivity index (χ1n) is 5.72. The van der Waals surface area contributed by atoms with E-state index in [0.717, 1.165) is 0 Å². The molecule has 3 N–H and O–H groups in total. The molecule has 0 aliphatic rings. The molecule has 0 aliphatic heterocycles. The van der Waals surface area contributed by atoms with Gasteiger partial charge in [-0.05, 0) is 31.2 Å². The van der Waals surface area contributed by atoms with E-state index in [9.17, 15) is 13.2 Å². The second kappa shape index (κ2) is 4.97. The fraction of sp³-hybridized carbons (Fsp3) is 0.167. The summed E-state index contributed by atoms with van der Waals surface area (Å²) in [6.45, 7) is 1.44. The number of rotatable bonds is 4. The number of ketones is 1. The Bertz CT molecular complexity index is 728. The molecule has 2 rings (SSSR count). The number of nitrogen functional groups attached to an aromatic ring is 1. The summed E-state index contributed by atoms with van der Waals surface area (Å²) in [6, 6.07) is 6.13. The minimum absolute atomic E-state index is 0.0691. The van der Waals surface area contributed by atoms with Gasteiger partial charge in [0.1, 0.15) is 0 Å². The summed E-state index contributed by atoms with van der Waals surface area (Å²) in [7, 11) is -2.29. The third kappa shape index (κ3) is 2.64. The van der Waals surface area contributed by atoms with E-state index in [1.165, 1.54) is 37.0 Å². The third-order valence-electron chi connectivity index (χ3n) is 2.71. The lowest BCUT2D eigenvalue weighted by Gasteiger charge is -2.09. The first-order chi connectivity index (χ1) is 9.31. The number of Topliss-reactive ketones (excluding diaryl/α,β-unsaturated/α-hetero) is 1. The van der Waals surface area contributed by atoms with Crippen LogP contribution in [0.4, 0.5) is 11.5 Å². The predicted molar refractivity (Wildman–Crippen MR) is 74.9 cm³/mol. The van der Waals surface area contributed by atoms with Crippen molar-refractivity contribution in [2.75, 3.05) is 10.5 Å². The number of nitrogens with two attached hydrogens (primary N) is 1. The number of aromatic nitrogens is 2. The Kier molecular flexibility index (Phi) is 3.49. The molecule has 1 aromatic heterocycles. The van der Waals surface area contributed by atoms with Crippen molar-refractivity contribution in [3.8, 4) is 0 Å². The number of imidazole rings is 1. The van der Waals surface area contributed by atoms with Gasteiger partial charge in [0.05, 0.1) is 6.33 Å². The van der Waals surface area contributed by atoms with Gasteiger partial charge in [-0.2, -0.15) is 8.42 Å². The number of benzene rings is 1. The Morgan fingerprint density at radius 1 is 1.30 bits per heavy atom. The van der Waals surface area contributed by atoms with Gasteiger partial charge in [0, 0.05) is 18.3 Å². The van der Waals surface area contributed by atoms with Crippen molar-refractivity contribution >= 4 is 27.3 Å². The number of nitrogens with zero attached hydrogens (tertiary/aromatic N) is 2. The molecule has 0 spiro atoms. The predicted octanol–water partition coefficient (Wildman–Crippen LogP) is 1.01. The van der Waals surface area contributed by atoms with Crippen molar-refractivity contribution < 1.29 is 13.2 Å². The van der Waals surface area contributed by atoms with E-state index in [4.69, 9.17) is 5.73 Å². The fourth-order valence-corrected chi connectivity index (χ4v) is 3.04. The van der Waals surface area contributed by atoms with Crippen LogP contribution in [0.15, 0.2) is 35.6 Å². The molecule has 1 aromatic carbocycles. The molecule has 2 aromatic rings. The van der Waals surface area contributed by atoms with Crippen LogP contribution < -0.4 is 10.5 Å². The maximum atomic E-state index is 12.2. The maximum Gasteiger partial charge on any atom is 0.281 e. The van der Waals surface area contributed by atoms with Gasteiger partial charge in [-0.1, -0.05) is 0 Å². The lowest BCUT2D eigenvalue weighted by Crippen LogP contribution is -2.17. The van der Waals surface area contributed by atoms with E-state index in [1.807, 2.05) is 0 Å². The number of anilines is 2. The number of aryl methyl sites for hydroxylation is 1. The quantitative estimate of drug-likeness (QED) is 0.818. The first kappa shape index (κ1) is 14.1. The van der Waals surface area contributed by atoms with Gasteiger partial charge in [-0.25, -0.2) is 4.98 Å². The highest BCUT2D eigenvalue weighted by atomic mass is 32.2. The molecule has 0 bridgehead atoms. The van der Waals surface area contributed by atoms with E-state index in [-0.39, 0.29) is 16.6 Å². The molecule has 0 aliphatic carbocycles. The Morgan fingerprint density at radius 2 is 1.90 bits per heavy atom. The molecule has 7 nitrogen and oxygen atoms in total. The van der Waals surface area contributed by atoms with Crippen LogP contribution in [-0.2, 0) is 17.1 Å². The summed E-state index contributed by atoms with van der Waals surface area (Å²) in [5.41, 5.74) is 6.40. The minimum atomic E-state index is -3.82. The van der Waals surface area contributed by atoms with Crippen molar-refractivity contribution in [3.63, 3.8) is 0 Å². The van der Waals surface area contributed by atoms with Crippen molar-refractivity contribution in [2.45, 2.75) is 11.9 Å². The third-order valence-corrected chi connectivity index (χ3v) is 4.22. The number of nitrogens with one attached hydrogen (secondary N) is 1. The Labute approximate surface area is 116 Å². The molecule has 0 atom stereocenters. The van der Waals surface area contributed by atoms with Gasteiger partial charge < -0.3 is 10.3 Å². The minimum Gasteiger partial charge on any atom is -0.381 e. The first-order valence-corrected chi connectivity index (χ1v) is 7.20. The van der Waals surface area contributed by atoms with Crippen LogP contribution in [0.25, 0.3) is 0 Å². The van der Waals surface area contributed by atoms with Gasteiger partial charge >= 0.3 is 0 Å². The zero-order chi connectivity index (χ0) is 14.9. The number of sulfonamides is 1. The molecule has 0 fully saturated rings. The summed E-state index contributed by atoms with van der Waals surface area (Å²) in [5, 5.41) is -0.104. The lowest BCUT2D eigenvalue weighted by molar-refractivity contribution is 0.101. The summed E-state index contributed by atoms with van der Waals surface area (Å²) in [5.74, 6) is -0.157. The van der Waals surface area contributed by atoms with Crippen LogP contribution in [0.1, 0.15) is 17.3 Å². The monoisotopic (exact) mass is 294 g/mol. The van der Waals surface area contributed by atoms with E-state index in [1.54, 1.807) is 12.1 Å². The van der Waals surface area contributed by atoms with Gasteiger partial charge in [0.15, 0.2) is 16.6 Å². The average Bonchev–Trinajstić information content (AvgIpc) is 2.69. The molecule has 8 heteroatoms. The van der Waals surface area contributed by atoms with Crippen molar-refractivity contribution in [3.05, 3.63) is 36.2 Å². The Balaban J connectivity index is 2.31. The molecule has 0 saturated carbocycles. The lowest BCUT2D eigenvalue weighted by atomic mass is 10.1. The number of carbonyl (C=O) groups excluding carboxylic acids is 1. The molecular formula is C12H14N4O3S. The summed E-state index contributed by atoms with van der Waals surface area (Å²) < 4.78 is 28.1. The van der Waals surface area contributed by atoms with Crippen LogP contribution in [0.5, 0.6) is 0 Å². The molecule has 20 heavy (non-hydrogen) atoms. The zero-order valence-corrected chi connectivity index (χ0v) is 11.8. The molecular weight excluding hydrogens is 280 g/mol. The molecule has 106 valence electrons. The Morgan fingerprint density at radius 3 is 2.35 bits per heavy atom. The van der Waals surface area contributed by atoms with E-state index in [2.05, 4.69) is 9.71 Å². The number of hydrogen-bond donors (Lipinski definition) is 2. The van der Waals surface area contributed by atoms with Gasteiger partial charge in [0.25, 0.3) is 10.0 Å². The van der Waals surface area contributed by atoms with Crippen LogP contribution in [-0.4, -0.2) is 23.8 Å². The highest BCUT2D eigenvalue weighted by Gasteiger charge is 2.22. The maximum absolute atomic E-state index is 12.2. The van der Waals surface area contributed by atoms with Crippen LogP contribution in [0.3, 0.4) is 0 Å².